The summed E-state index contributed by atoms with van der Waals surface area (Å²) in [5.74, 6) is 0. The Bertz CT molecular complexity index is 612. The Morgan fingerprint density at radius 1 is 1.22 bits per heavy atom. The Morgan fingerprint density at radius 2 is 2.00 bits per heavy atom. The number of nitrogens with zero attached hydrogens (tertiary/aromatic N) is 1. The summed E-state index contributed by atoms with van der Waals surface area (Å²) in [4.78, 5) is 11.7. The van der Waals surface area contributed by atoms with E-state index in [1.807, 2.05) is 12.1 Å². The van der Waals surface area contributed by atoms with Crippen LogP contribution in [0.5, 0.6) is 0 Å². The fourth-order valence-corrected chi connectivity index (χ4v) is 1.86. The molecule has 0 bridgehead atoms. The summed E-state index contributed by atoms with van der Waals surface area (Å²) in [6.45, 7) is 0.390. The number of aromatic nitrogens is 1. The monoisotopic (exact) mass is 263 g/mol. The van der Waals surface area contributed by atoms with Crippen molar-refractivity contribution in [2.45, 2.75) is 6.54 Å². The van der Waals surface area contributed by atoms with Gasteiger partial charge in [-0.05, 0) is 29.2 Å². The number of rotatable bonds is 3. The molecule has 1 heterocycles. The Morgan fingerprint density at radius 3 is 2.61 bits per heavy atom. The minimum atomic E-state index is -1.63. The molecule has 0 fully saturated rings. The molecule has 92 valence electrons. The maximum atomic E-state index is 11.7. The number of hydrogen-bond acceptors (Lipinski definition) is 3. The van der Waals surface area contributed by atoms with E-state index in [1.54, 1.807) is 12.1 Å². The summed E-state index contributed by atoms with van der Waals surface area (Å²) in [7, 11) is -1.63. The number of benzene rings is 1. The van der Waals surface area contributed by atoms with E-state index in [1.165, 1.54) is 22.9 Å². The molecule has 0 atom stereocenters. The molecule has 6 heteroatoms. The van der Waals surface area contributed by atoms with Crippen molar-refractivity contribution in [3.63, 3.8) is 0 Å². The van der Waals surface area contributed by atoms with E-state index < -0.39 is 7.12 Å². The third kappa shape index (κ3) is 3.01. The van der Waals surface area contributed by atoms with Crippen molar-refractivity contribution in [2.24, 2.45) is 0 Å². The Kier molecular flexibility index (Phi) is 3.86. The Labute approximate surface area is 109 Å². The second kappa shape index (κ2) is 5.39. The van der Waals surface area contributed by atoms with Crippen molar-refractivity contribution in [1.29, 1.82) is 0 Å². The molecule has 2 aromatic rings. The average molecular weight is 263 g/mol. The predicted octanol–water partition coefficient (Wildman–Crippen LogP) is 0.230. The Balaban J connectivity index is 2.28. The van der Waals surface area contributed by atoms with Gasteiger partial charge in [-0.2, -0.15) is 0 Å². The van der Waals surface area contributed by atoms with E-state index in [0.29, 0.717) is 11.6 Å². The highest BCUT2D eigenvalue weighted by atomic mass is 35.5. The molecule has 18 heavy (non-hydrogen) atoms. The molecule has 0 unspecified atom stereocenters. The summed E-state index contributed by atoms with van der Waals surface area (Å²) in [5, 5.41) is 18.5. The number of halogens is 1. The molecule has 0 saturated carbocycles. The first-order valence-corrected chi connectivity index (χ1v) is 5.75. The molecule has 0 radical (unpaired) electrons. The second-order valence-corrected chi connectivity index (χ2v) is 4.37. The van der Waals surface area contributed by atoms with Crippen LogP contribution in [0, 0.1) is 0 Å². The van der Waals surface area contributed by atoms with Crippen molar-refractivity contribution >= 4 is 24.2 Å². The first kappa shape index (κ1) is 12.9. The second-order valence-electron chi connectivity index (χ2n) is 3.93. The van der Waals surface area contributed by atoms with Gasteiger partial charge in [0.15, 0.2) is 0 Å². The summed E-state index contributed by atoms with van der Waals surface area (Å²) in [5.41, 5.74) is 0.796. The molecule has 0 saturated heterocycles. The fourth-order valence-electron chi connectivity index (χ4n) is 1.65. The van der Waals surface area contributed by atoms with Gasteiger partial charge in [-0.15, -0.1) is 0 Å². The largest absolute Gasteiger partial charge is 0.488 e. The molecule has 1 aromatic carbocycles. The zero-order valence-electron chi connectivity index (χ0n) is 9.45. The van der Waals surface area contributed by atoms with Crippen LogP contribution in [-0.4, -0.2) is 21.7 Å². The van der Waals surface area contributed by atoms with Crippen LogP contribution in [0.2, 0.25) is 5.02 Å². The van der Waals surface area contributed by atoms with Gasteiger partial charge in [-0.1, -0.05) is 23.7 Å². The SMILES string of the molecule is O=c1cc(B(O)O)ccn1Cc1cccc(Cl)c1. The van der Waals surface area contributed by atoms with Crippen LogP contribution in [0.15, 0.2) is 47.4 Å². The van der Waals surface area contributed by atoms with Crippen LogP contribution >= 0.6 is 11.6 Å². The van der Waals surface area contributed by atoms with E-state index in [2.05, 4.69) is 0 Å². The van der Waals surface area contributed by atoms with Crippen molar-refractivity contribution < 1.29 is 10.0 Å². The normalized spacial score (nSPS) is 10.4. The van der Waals surface area contributed by atoms with Gasteiger partial charge in [0, 0.05) is 17.3 Å². The zero-order valence-corrected chi connectivity index (χ0v) is 10.2. The zero-order chi connectivity index (χ0) is 13.1. The van der Waals surface area contributed by atoms with E-state index in [0.717, 1.165) is 5.56 Å². The first-order valence-electron chi connectivity index (χ1n) is 5.37. The van der Waals surface area contributed by atoms with Crippen molar-refractivity contribution in [2.75, 3.05) is 0 Å². The van der Waals surface area contributed by atoms with Crippen LogP contribution in [0.1, 0.15) is 5.56 Å². The van der Waals surface area contributed by atoms with Gasteiger partial charge < -0.3 is 14.6 Å². The standard InChI is InChI=1S/C12H11BClNO3/c14-11-3-1-2-9(6-11)8-15-5-4-10(13(17)18)7-12(15)16/h1-7,17-18H,8H2. The summed E-state index contributed by atoms with van der Waals surface area (Å²) < 4.78 is 1.47. The van der Waals surface area contributed by atoms with E-state index in [4.69, 9.17) is 21.6 Å². The van der Waals surface area contributed by atoms with Crippen molar-refractivity contribution in [1.82, 2.24) is 4.57 Å². The van der Waals surface area contributed by atoms with Crippen molar-refractivity contribution in [3.05, 3.63) is 63.5 Å². The minimum absolute atomic E-state index is 0.183. The summed E-state index contributed by atoms with van der Waals surface area (Å²) in [6, 6.07) is 9.93. The molecule has 0 aliphatic heterocycles. The van der Waals surface area contributed by atoms with Gasteiger partial charge in [0.25, 0.3) is 0 Å². The van der Waals surface area contributed by atoms with Gasteiger partial charge in [0.1, 0.15) is 0 Å². The number of pyridine rings is 1. The molecular weight excluding hydrogens is 252 g/mol. The average Bonchev–Trinajstić information content (AvgIpc) is 2.31. The molecule has 0 aliphatic carbocycles. The van der Waals surface area contributed by atoms with Gasteiger partial charge in [-0.25, -0.2) is 0 Å². The van der Waals surface area contributed by atoms with Crippen molar-refractivity contribution in [3.8, 4) is 0 Å². The molecule has 0 aliphatic rings. The minimum Gasteiger partial charge on any atom is -0.423 e. The topological polar surface area (TPSA) is 62.5 Å². The molecular formula is C12H11BClNO3. The lowest BCUT2D eigenvalue weighted by molar-refractivity contribution is 0.425. The maximum Gasteiger partial charge on any atom is 0.488 e. The molecule has 0 spiro atoms. The van der Waals surface area contributed by atoms with Gasteiger partial charge in [0.05, 0.1) is 6.54 Å². The lowest BCUT2D eigenvalue weighted by Gasteiger charge is -2.07. The molecule has 2 N–H and O–H groups in total. The molecule has 1 aromatic heterocycles. The van der Waals surface area contributed by atoms with Crippen LogP contribution in [0.4, 0.5) is 0 Å². The predicted molar refractivity (Wildman–Crippen MR) is 71.1 cm³/mol. The highest BCUT2D eigenvalue weighted by Crippen LogP contribution is 2.11. The third-order valence-corrected chi connectivity index (χ3v) is 2.80. The summed E-state index contributed by atoms with van der Waals surface area (Å²) >= 11 is 5.86. The smallest absolute Gasteiger partial charge is 0.423 e. The third-order valence-electron chi connectivity index (χ3n) is 2.56. The van der Waals surface area contributed by atoms with Gasteiger partial charge in [-0.3, -0.25) is 4.79 Å². The highest BCUT2D eigenvalue weighted by molar-refractivity contribution is 6.58. The van der Waals surface area contributed by atoms with Crippen LogP contribution in [0.3, 0.4) is 0 Å². The molecule has 0 amide bonds. The Hall–Kier alpha value is -1.56. The molecule has 4 nitrogen and oxygen atoms in total. The molecule has 2 rings (SSSR count). The van der Waals surface area contributed by atoms with Crippen LogP contribution < -0.4 is 11.0 Å². The van der Waals surface area contributed by atoms with Crippen LogP contribution in [0.25, 0.3) is 0 Å². The van der Waals surface area contributed by atoms with Gasteiger partial charge in [0.2, 0.25) is 5.56 Å². The summed E-state index contributed by atoms with van der Waals surface area (Å²) in [6.07, 6.45) is 1.53. The highest BCUT2D eigenvalue weighted by Gasteiger charge is 2.11. The van der Waals surface area contributed by atoms with Crippen LogP contribution in [-0.2, 0) is 6.54 Å². The lowest BCUT2D eigenvalue weighted by Crippen LogP contribution is -2.35. The van der Waals surface area contributed by atoms with Gasteiger partial charge >= 0.3 is 7.12 Å². The lowest BCUT2D eigenvalue weighted by atomic mass is 9.81. The first-order chi connectivity index (χ1) is 8.56. The van der Waals surface area contributed by atoms with E-state index in [9.17, 15) is 4.79 Å². The van der Waals surface area contributed by atoms with E-state index >= 15 is 0 Å². The number of hydrogen-bond donors (Lipinski definition) is 2. The maximum absolute atomic E-state index is 11.7. The quantitative estimate of drug-likeness (QED) is 0.779. The fraction of sp³-hybridized carbons (Fsp3) is 0.0833. The van der Waals surface area contributed by atoms with E-state index in [-0.39, 0.29) is 11.0 Å².